The molecule has 1 aliphatic rings. The molecule has 0 bridgehead atoms. The van der Waals surface area contributed by atoms with Crippen molar-refractivity contribution >= 4 is 11.0 Å². The number of hydrogen-bond acceptors (Lipinski definition) is 2. The molecule has 4 nitrogen and oxygen atoms in total. The molecule has 0 saturated carbocycles. The molecule has 1 N–H and O–H groups in total. The second-order valence-electron chi connectivity index (χ2n) is 4.81. The van der Waals surface area contributed by atoms with Crippen molar-refractivity contribution in [1.29, 1.82) is 0 Å². The van der Waals surface area contributed by atoms with E-state index in [4.69, 9.17) is 6.42 Å². The molecule has 0 spiro atoms. The van der Waals surface area contributed by atoms with Crippen LogP contribution in [0.1, 0.15) is 12.5 Å². The number of H-pyrrole nitrogens is 1. The standard InChI is InChI=1S/C14H15N3O/c1-3-7-16-9-11-5-4-6-12-13(11)17(8-10(16)2)14(18)15-12/h1,4-6,10H,7-9H2,2H3,(H,15,18)/t10-/m0/s1. The van der Waals surface area contributed by atoms with E-state index in [1.165, 1.54) is 0 Å². The maximum atomic E-state index is 12.0. The summed E-state index contributed by atoms with van der Waals surface area (Å²) in [4.78, 5) is 17.1. The fraction of sp³-hybridized carbons (Fsp3) is 0.357. The Bertz CT molecular complexity index is 689. The Hall–Kier alpha value is -1.99. The van der Waals surface area contributed by atoms with E-state index < -0.39 is 0 Å². The van der Waals surface area contributed by atoms with E-state index in [-0.39, 0.29) is 11.7 Å². The van der Waals surface area contributed by atoms with Gasteiger partial charge in [0.1, 0.15) is 0 Å². The molecule has 0 saturated heterocycles. The van der Waals surface area contributed by atoms with Crippen LogP contribution in [0.15, 0.2) is 23.0 Å². The number of aromatic amines is 1. The normalized spacial score (nSPS) is 19.7. The predicted octanol–water partition coefficient (Wildman–Crippen LogP) is 1.17. The molecule has 0 unspecified atom stereocenters. The highest BCUT2D eigenvalue weighted by atomic mass is 16.1. The third-order valence-corrected chi connectivity index (χ3v) is 3.61. The fourth-order valence-corrected chi connectivity index (χ4v) is 2.68. The molecule has 1 atom stereocenters. The average molecular weight is 241 g/mol. The first kappa shape index (κ1) is 11.1. The molecule has 3 rings (SSSR count). The highest BCUT2D eigenvalue weighted by molar-refractivity contribution is 5.79. The van der Waals surface area contributed by atoms with Crippen LogP contribution in [0.3, 0.4) is 0 Å². The molecule has 18 heavy (non-hydrogen) atoms. The van der Waals surface area contributed by atoms with E-state index in [0.717, 1.165) is 23.1 Å². The summed E-state index contributed by atoms with van der Waals surface area (Å²) < 4.78 is 1.83. The lowest BCUT2D eigenvalue weighted by molar-refractivity contribution is 0.213. The fourth-order valence-electron chi connectivity index (χ4n) is 2.68. The van der Waals surface area contributed by atoms with E-state index in [1.807, 2.05) is 16.7 Å². The van der Waals surface area contributed by atoms with Crippen molar-refractivity contribution in [3.05, 3.63) is 34.2 Å². The number of nitrogens with one attached hydrogen (secondary N) is 1. The number of terminal acetylenes is 1. The lowest BCUT2D eigenvalue weighted by atomic mass is 10.1. The number of imidazole rings is 1. The van der Waals surface area contributed by atoms with Gasteiger partial charge in [0, 0.05) is 19.1 Å². The monoisotopic (exact) mass is 241 g/mol. The minimum absolute atomic E-state index is 0.0353. The minimum atomic E-state index is -0.0353. The zero-order chi connectivity index (χ0) is 12.7. The molecule has 0 aliphatic carbocycles. The number of para-hydroxylation sites is 1. The average Bonchev–Trinajstić information content (AvgIpc) is 2.57. The van der Waals surface area contributed by atoms with Crippen LogP contribution in [0.25, 0.3) is 11.0 Å². The van der Waals surface area contributed by atoms with E-state index in [0.29, 0.717) is 13.1 Å². The number of nitrogens with zero attached hydrogens (tertiary/aromatic N) is 2. The lowest BCUT2D eigenvalue weighted by Gasteiger charge is -2.24. The van der Waals surface area contributed by atoms with Crippen LogP contribution in [0, 0.1) is 12.3 Å². The molecule has 1 aromatic carbocycles. The largest absolute Gasteiger partial charge is 0.326 e. The summed E-state index contributed by atoms with van der Waals surface area (Å²) in [5.41, 5.74) is 3.05. The Labute approximate surface area is 105 Å². The molecule has 1 aromatic heterocycles. The zero-order valence-corrected chi connectivity index (χ0v) is 10.3. The molecule has 0 amide bonds. The van der Waals surface area contributed by atoms with Gasteiger partial charge in [-0.25, -0.2) is 4.79 Å². The maximum absolute atomic E-state index is 12.0. The van der Waals surface area contributed by atoms with Crippen LogP contribution in [-0.2, 0) is 13.1 Å². The van der Waals surface area contributed by atoms with E-state index in [9.17, 15) is 4.79 Å². The summed E-state index contributed by atoms with van der Waals surface area (Å²) in [7, 11) is 0. The van der Waals surface area contributed by atoms with Crippen molar-refractivity contribution in [1.82, 2.24) is 14.5 Å². The van der Waals surface area contributed by atoms with Gasteiger partial charge in [-0.15, -0.1) is 6.42 Å². The number of benzene rings is 1. The van der Waals surface area contributed by atoms with Crippen LogP contribution in [0.5, 0.6) is 0 Å². The van der Waals surface area contributed by atoms with Gasteiger partial charge in [-0.3, -0.25) is 9.47 Å². The highest BCUT2D eigenvalue weighted by Crippen LogP contribution is 2.22. The highest BCUT2D eigenvalue weighted by Gasteiger charge is 2.22. The second-order valence-corrected chi connectivity index (χ2v) is 4.81. The van der Waals surface area contributed by atoms with Gasteiger partial charge in [0.15, 0.2) is 0 Å². The molecule has 2 aromatic rings. The van der Waals surface area contributed by atoms with Gasteiger partial charge in [0.25, 0.3) is 0 Å². The van der Waals surface area contributed by atoms with Gasteiger partial charge in [0.05, 0.1) is 17.6 Å². The van der Waals surface area contributed by atoms with Crippen LogP contribution < -0.4 is 5.69 Å². The summed E-state index contributed by atoms with van der Waals surface area (Å²) in [5, 5.41) is 0. The van der Waals surface area contributed by atoms with Crippen LogP contribution in [-0.4, -0.2) is 27.0 Å². The summed E-state index contributed by atoms with van der Waals surface area (Å²) in [5.74, 6) is 2.69. The number of hydrogen-bond donors (Lipinski definition) is 1. The lowest BCUT2D eigenvalue weighted by Crippen LogP contribution is -2.36. The van der Waals surface area contributed by atoms with E-state index in [2.05, 4.69) is 28.8 Å². The molecule has 0 fully saturated rings. The molecule has 0 radical (unpaired) electrons. The number of rotatable bonds is 1. The van der Waals surface area contributed by atoms with E-state index in [1.54, 1.807) is 0 Å². The quantitative estimate of drug-likeness (QED) is 0.761. The predicted molar refractivity (Wildman–Crippen MR) is 71.3 cm³/mol. The third kappa shape index (κ3) is 1.56. The summed E-state index contributed by atoms with van der Waals surface area (Å²) in [6, 6.07) is 6.23. The van der Waals surface area contributed by atoms with Gasteiger partial charge in [-0.1, -0.05) is 18.1 Å². The van der Waals surface area contributed by atoms with Gasteiger partial charge < -0.3 is 4.98 Å². The SMILES string of the molecule is C#CCN1Cc2cccc3[nH]c(=O)n(c23)C[C@@H]1C. The zero-order valence-electron chi connectivity index (χ0n) is 10.3. The van der Waals surface area contributed by atoms with Crippen molar-refractivity contribution in [2.45, 2.75) is 26.1 Å². The first-order valence-electron chi connectivity index (χ1n) is 6.08. The summed E-state index contributed by atoms with van der Waals surface area (Å²) in [6.07, 6.45) is 5.41. The maximum Gasteiger partial charge on any atom is 0.326 e. The van der Waals surface area contributed by atoms with E-state index >= 15 is 0 Å². The first-order chi connectivity index (χ1) is 8.70. The molecular formula is C14H15N3O. The Kier molecular flexibility index (Phi) is 2.49. The van der Waals surface area contributed by atoms with Crippen LogP contribution >= 0.6 is 0 Å². The van der Waals surface area contributed by atoms with Crippen LogP contribution in [0.4, 0.5) is 0 Å². The van der Waals surface area contributed by atoms with Crippen LogP contribution in [0.2, 0.25) is 0 Å². The molecule has 1 aliphatic heterocycles. The van der Waals surface area contributed by atoms with Crippen molar-refractivity contribution in [2.75, 3.05) is 6.54 Å². The molecular weight excluding hydrogens is 226 g/mol. The Balaban J connectivity index is 2.21. The van der Waals surface area contributed by atoms with Crippen molar-refractivity contribution in [3.8, 4) is 12.3 Å². The second kappa shape index (κ2) is 4.04. The molecule has 92 valence electrons. The van der Waals surface area contributed by atoms with Crippen molar-refractivity contribution in [2.24, 2.45) is 0 Å². The van der Waals surface area contributed by atoms with Crippen molar-refractivity contribution in [3.63, 3.8) is 0 Å². The Morgan fingerprint density at radius 3 is 3.17 bits per heavy atom. The van der Waals surface area contributed by atoms with Gasteiger partial charge in [0.2, 0.25) is 0 Å². The first-order valence-corrected chi connectivity index (χ1v) is 6.08. The summed E-state index contributed by atoms with van der Waals surface area (Å²) >= 11 is 0. The third-order valence-electron chi connectivity index (χ3n) is 3.61. The molecule has 2 heterocycles. The van der Waals surface area contributed by atoms with Crippen molar-refractivity contribution < 1.29 is 0 Å². The minimum Gasteiger partial charge on any atom is -0.306 e. The molecule has 4 heteroatoms. The summed E-state index contributed by atoms with van der Waals surface area (Å²) in [6.45, 7) is 4.19. The number of aromatic nitrogens is 2. The Morgan fingerprint density at radius 1 is 1.56 bits per heavy atom. The Morgan fingerprint density at radius 2 is 2.39 bits per heavy atom. The van der Waals surface area contributed by atoms with Gasteiger partial charge in [-0.05, 0) is 18.6 Å². The topological polar surface area (TPSA) is 41.0 Å². The smallest absolute Gasteiger partial charge is 0.306 e. The van der Waals surface area contributed by atoms with Gasteiger partial charge in [-0.2, -0.15) is 0 Å². The van der Waals surface area contributed by atoms with Gasteiger partial charge >= 0.3 is 5.69 Å².